The van der Waals surface area contributed by atoms with E-state index in [0.29, 0.717) is 0 Å². The second-order valence-corrected chi connectivity index (χ2v) is 2.84. The van der Waals surface area contributed by atoms with Crippen molar-refractivity contribution in [1.82, 2.24) is 0 Å². The van der Waals surface area contributed by atoms with Crippen LogP contribution in [-0.2, 0) is 0 Å². The summed E-state index contributed by atoms with van der Waals surface area (Å²) >= 11 is 5.60. The van der Waals surface area contributed by atoms with Crippen molar-refractivity contribution in [3.8, 4) is 5.75 Å². The summed E-state index contributed by atoms with van der Waals surface area (Å²) in [6.45, 7) is 1.47. The van der Waals surface area contributed by atoms with Crippen LogP contribution in [0.15, 0.2) is 12.1 Å². The largest absolute Gasteiger partial charge is 0.707 e. The summed E-state index contributed by atoms with van der Waals surface area (Å²) in [7, 11) is -2.03. The van der Waals surface area contributed by atoms with Crippen molar-refractivity contribution < 1.29 is 19.1 Å². The van der Waals surface area contributed by atoms with E-state index in [4.69, 9.17) is 21.6 Å². The van der Waals surface area contributed by atoms with Gasteiger partial charge in [-0.1, -0.05) is 11.6 Å². The number of benzene rings is 1. The smallest absolute Gasteiger partial charge is 0.510 e. The molecule has 0 atom stereocenters. The lowest BCUT2D eigenvalue weighted by Crippen LogP contribution is -2.21. The molecule has 0 radical (unpaired) electrons. The quantitative estimate of drug-likeness (QED) is 0.710. The molecule has 6 heteroatoms. The fourth-order valence-corrected chi connectivity index (χ4v) is 0.987. The van der Waals surface area contributed by atoms with Crippen LogP contribution in [0, 0.1) is 12.7 Å². The molecule has 0 unspecified atom stereocenters. The van der Waals surface area contributed by atoms with Crippen LogP contribution in [0.4, 0.5) is 4.39 Å². The minimum atomic E-state index is -2.03. The van der Waals surface area contributed by atoms with Gasteiger partial charge in [-0.25, -0.2) is 4.39 Å². The lowest BCUT2D eigenvalue weighted by Gasteiger charge is -2.08. The van der Waals surface area contributed by atoms with Crippen LogP contribution in [0.3, 0.4) is 0 Å². The third kappa shape index (κ3) is 2.34. The van der Waals surface area contributed by atoms with Gasteiger partial charge in [-0.3, -0.25) is 0 Å². The Morgan fingerprint density at radius 1 is 1.46 bits per heavy atom. The monoisotopic (exact) mass is 204 g/mol. The summed E-state index contributed by atoms with van der Waals surface area (Å²) in [6.07, 6.45) is 0. The maximum atomic E-state index is 13.2. The summed E-state index contributed by atoms with van der Waals surface area (Å²) in [4.78, 5) is 0. The van der Waals surface area contributed by atoms with Gasteiger partial charge in [0, 0.05) is 10.6 Å². The molecule has 0 fully saturated rings. The van der Waals surface area contributed by atoms with Gasteiger partial charge in [-0.05, 0) is 19.1 Å². The Morgan fingerprint density at radius 3 is 2.62 bits per heavy atom. The van der Waals surface area contributed by atoms with Gasteiger partial charge in [0.1, 0.15) is 5.75 Å². The minimum Gasteiger partial charge on any atom is -0.510 e. The molecule has 0 aromatic heterocycles. The minimum absolute atomic E-state index is 0.208. The summed E-state index contributed by atoms with van der Waals surface area (Å²) < 4.78 is 17.5. The second-order valence-electron chi connectivity index (χ2n) is 2.43. The van der Waals surface area contributed by atoms with E-state index in [1.807, 2.05) is 0 Å². The first-order valence-electron chi connectivity index (χ1n) is 3.49. The molecule has 0 saturated heterocycles. The molecule has 0 heterocycles. The average molecular weight is 204 g/mol. The van der Waals surface area contributed by atoms with Crippen LogP contribution in [0.5, 0.6) is 5.75 Å². The van der Waals surface area contributed by atoms with E-state index in [0.717, 1.165) is 0 Å². The molecule has 70 valence electrons. The molecule has 0 saturated carbocycles. The summed E-state index contributed by atoms with van der Waals surface area (Å²) in [6, 6.07) is 2.64. The number of rotatable bonds is 2. The Labute approximate surface area is 79.9 Å². The van der Waals surface area contributed by atoms with Gasteiger partial charge in [0.2, 0.25) is 0 Å². The van der Waals surface area contributed by atoms with Crippen molar-refractivity contribution in [2.45, 2.75) is 6.92 Å². The fraction of sp³-hybridized carbons (Fsp3) is 0.143. The van der Waals surface area contributed by atoms with Gasteiger partial charge >= 0.3 is 7.32 Å². The van der Waals surface area contributed by atoms with Crippen LogP contribution in [0.25, 0.3) is 0 Å². The zero-order chi connectivity index (χ0) is 10.0. The standard InChI is InChI=1S/C7H7BClFO3/c1-4-5(9)2-3-6(7(4)10)13-8(11)12/h2-3,11-12H,1H3. The van der Waals surface area contributed by atoms with Crippen LogP contribution >= 0.6 is 11.6 Å². The van der Waals surface area contributed by atoms with Gasteiger partial charge in [0.25, 0.3) is 0 Å². The lowest BCUT2D eigenvalue weighted by molar-refractivity contribution is 0.281. The molecule has 0 spiro atoms. The van der Waals surface area contributed by atoms with Crippen molar-refractivity contribution in [3.63, 3.8) is 0 Å². The van der Waals surface area contributed by atoms with Crippen molar-refractivity contribution in [2.24, 2.45) is 0 Å². The maximum absolute atomic E-state index is 13.2. The predicted molar refractivity (Wildman–Crippen MR) is 47.0 cm³/mol. The Morgan fingerprint density at radius 2 is 2.08 bits per heavy atom. The SMILES string of the molecule is Cc1c(Cl)ccc(OB(O)O)c1F. The van der Waals surface area contributed by atoms with Gasteiger partial charge in [-0.15, -0.1) is 0 Å². The molecule has 2 N–H and O–H groups in total. The zero-order valence-electron chi connectivity index (χ0n) is 6.79. The van der Waals surface area contributed by atoms with E-state index in [-0.39, 0.29) is 16.3 Å². The molecule has 1 aromatic carbocycles. The number of hydrogen-bond acceptors (Lipinski definition) is 3. The lowest BCUT2D eigenvalue weighted by atomic mass is 10.2. The van der Waals surface area contributed by atoms with Crippen LogP contribution in [0.1, 0.15) is 5.56 Å². The van der Waals surface area contributed by atoms with Crippen LogP contribution in [-0.4, -0.2) is 17.4 Å². The topological polar surface area (TPSA) is 49.7 Å². The van der Waals surface area contributed by atoms with E-state index < -0.39 is 13.1 Å². The van der Waals surface area contributed by atoms with Gasteiger partial charge in [0.15, 0.2) is 5.82 Å². The highest BCUT2D eigenvalue weighted by atomic mass is 35.5. The first kappa shape index (κ1) is 10.3. The first-order chi connectivity index (χ1) is 6.02. The van der Waals surface area contributed by atoms with E-state index in [1.54, 1.807) is 0 Å². The molecule has 1 rings (SSSR count). The van der Waals surface area contributed by atoms with Crippen molar-refractivity contribution in [2.75, 3.05) is 0 Å². The highest BCUT2D eigenvalue weighted by molar-refractivity contribution is 6.34. The van der Waals surface area contributed by atoms with E-state index in [9.17, 15) is 4.39 Å². The Hall–Kier alpha value is -0.775. The summed E-state index contributed by atoms with van der Waals surface area (Å²) in [5.41, 5.74) is 0.208. The number of halogens is 2. The summed E-state index contributed by atoms with van der Waals surface area (Å²) in [5.74, 6) is -0.933. The van der Waals surface area contributed by atoms with Crippen molar-refractivity contribution >= 4 is 18.9 Å². The highest BCUT2D eigenvalue weighted by Crippen LogP contribution is 2.26. The van der Waals surface area contributed by atoms with Gasteiger partial charge in [-0.2, -0.15) is 0 Å². The third-order valence-corrected chi connectivity index (χ3v) is 1.93. The predicted octanol–water partition coefficient (Wildman–Crippen LogP) is 1.14. The molecule has 0 aliphatic heterocycles. The molecule has 0 bridgehead atoms. The first-order valence-corrected chi connectivity index (χ1v) is 3.87. The Bertz CT molecular complexity index is 319. The van der Waals surface area contributed by atoms with E-state index in [2.05, 4.69) is 4.65 Å². The third-order valence-electron chi connectivity index (χ3n) is 1.52. The normalized spacial score (nSPS) is 9.92. The highest BCUT2D eigenvalue weighted by Gasteiger charge is 2.16. The van der Waals surface area contributed by atoms with Crippen molar-refractivity contribution in [3.05, 3.63) is 28.5 Å². The molecular formula is C7H7BClFO3. The Kier molecular flexibility index (Phi) is 3.14. The molecule has 3 nitrogen and oxygen atoms in total. The number of hydrogen-bond donors (Lipinski definition) is 2. The molecular weight excluding hydrogens is 197 g/mol. The molecule has 0 amide bonds. The molecule has 0 aliphatic rings. The van der Waals surface area contributed by atoms with Crippen LogP contribution in [0.2, 0.25) is 5.02 Å². The molecule has 0 aliphatic carbocycles. The van der Waals surface area contributed by atoms with Gasteiger partial charge < -0.3 is 14.7 Å². The zero-order valence-corrected chi connectivity index (χ0v) is 7.55. The fourth-order valence-electron chi connectivity index (χ4n) is 0.841. The average Bonchev–Trinajstić information content (AvgIpc) is 2.06. The van der Waals surface area contributed by atoms with Crippen molar-refractivity contribution in [1.29, 1.82) is 0 Å². The second kappa shape index (κ2) is 3.96. The Balaban J connectivity index is 3.04. The van der Waals surface area contributed by atoms with Gasteiger partial charge in [0.05, 0.1) is 0 Å². The van der Waals surface area contributed by atoms with E-state index in [1.165, 1.54) is 19.1 Å². The van der Waals surface area contributed by atoms with E-state index >= 15 is 0 Å². The maximum Gasteiger partial charge on any atom is 0.707 e. The summed E-state index contributed by atoms with van der Waals surface area (Å²) in [5, 5.41) is 17.1. The molecule has 1 aromatic rings. The molecule has 13 heavy (non-hydrogen) atoms. The van der Waals surface area contributed by atoms with Crippen LogP contribution < -0.4 is 4.65 Å².